The maximum Gasteiger partial charge on any atom is 0.339 e. The van der Waals surface area contributed by atoms with Gasteiger partial charge in [-0.3, -0.25) is 0 Å². The summed E-state index contributed by atoms with van der Waals surface area (Å²) in [6.45, 7) is 6.39. The highest BCUT2D eigenvalue weighted by atomic mass is 16.4. The fraction of sp³-hybridized carbons (Fsp3) is 0.235. The Labute approximate surface area is 118 Å². The number of hydrogen-bond donors (Lipinski definition) is 2. The van der Waals surface area contributed by atoms with E-state index in [2.05, 4.69) is 32.9 Å². The molecule has 2 N–H and O–H groups in total. The van der Waals surface area contributed by atoms with Crippen LogP contribution in [0.15, 0.2) is 42.5 Å². The molecule has 0 radical (unpaired) electrons. The molecule has 0 atom stereocenters. The maximum atomic E-state index is 11.1. The summed E-state index contributed by atoms with van der Waals surface area (Å²) in [5, 5.41) is 18.6. The summed E-state index contributed by atoms with van der Waals surface area (Å²) < 4.78 is 0. The van der Waals surface area contributed by atoms with Crippen molar-refractivity contribution in [1.82, 2.24) is 0 Å². The molecule has 2 aromatic carbocycles. The van der Waals surface area contributed by atoms with Crippen LogP contribution < -0.4 is 0 Å². The fourth-order valence-electron chi connectivity index (χ4n) is 2.05. The van der Waals surface area contributed by atoms with Gasteiger partial charge in [-0.15, -0.1) is 0 Å². The van der Waals surface area contributed by atoms with Gasteiger partial charge in [-0.2, -0.15) is 0 Å². The van der Waals surface area contributed by atoms with Gasteiger partial charge in [-0.25, -0.2) is 4.79 Å². The molecular formula is C17H18O3. The van der Waals surface area contributed by atoms with Gasteiger partial charge in [0.15, 0.2) is 0 Å². The van der Waals surface area contributed by atoms with Gasteiger partial charge in [0.1, 0.15) is 11.3 Å². The van der Waals surface area contributed by atoms with Crippen molar-refractivity contribution in [2.45, 2.75) is 26.2 Å². The quantitative estimate of drug-likeness (QED) is 0.865. The van der Waals surface area contributed by atoms with Crippen molar-refractivity contribution < 1.29 is 15.0 Å². The van der Waals surface area contributed by atoms with E-state index in [-0.39, 0.29) is 16.7 Å². The molecule has 0 aliphatic heterocycles. The number of carboxylic acid groups (broad SMARTS) is 1. The number of carboxylic acids is 1. The summed E-state index contributed by atoms with van der Waals surface area (Å²) in [7, 11) is 0. The lowest BCUT2D eigenvalue weighted by molar-refractivity contribution is 0.0694. The van der Waals surface area contributed by atoms with Gasteiger partial charge in [-0.1, -0.05) is 51.1 Å². The number of phenols is 1. The van der Waals surface area contributed by atoms with E-state index in [4.69, 9.17) is 5.11 Å². The second-order valence-corrected chi connectivity index (χ2v) is 5.87. The molecule has 0 fully saturated rings. The average molecular weight is 270 g/mol. The predicted octanol–water partition coefficient (Wildman–Crippen LogP) is 4.05. The molecule has 3 heteroatoms. The van der Waals surface area contributed by atoms with Crippen molar-refractivity contribution in [3.8, 4) is 16.9 Å². The van der Waals surface area contributed by atoms with Crippen LogP contribution in [0.1, 0.15) is 36.7 Å². The second-order valence-electron chi connectivity index (χ2n) is 5.87. The van der Waals surface area contributed by atoms with Gasteiger partial charge >= 0.3 is 5.97 Å². The van der Waals surface area contributed by atoms with Crippen molar-refractivity contribution in [1.29, 1.82) is 0 Å². The fourth-order valence-corrected chi connectivity index (χ4v) is 2.05. The number of aromatic hydroxyl groups is 1. The molecule has 0 amide bonds. The molecule has 104 valence electrons. The van der Waals surface area contributed by atoms with Crippen LogP contribution in [0.4, 0.5) is 0 Å². The highest BCUT2D eigenvalue weighted by Gasteiger charge is 2.15. The molecule has 2 rings (SSSR count). The molecule has 0 aromatic heterocycles. The molecule has 0 spiro atoms. The van der Waals surface area contributed by atoms with Gasteiger partial charge in [0.05, 0.1) is 0 Å². The van der Waals surface area contributed by atoms with E-state index in [1.54, 1.807) is 6.07 Å². The van der Waals surface area contributed by atoms with Crippen LogP contribution in [0.5, 0.6) is 5.75 Å². The Bertz CT molecular complexity index is 652. The van der Waals surface area contributed by atoms with Crippen LogP contribution >= 0.6 is 0 Å². The summed E-state index contributed by atoms with van der Waals surface area (Å²) in [6, 6.07) is 12.7. The van der Waals surface area contributed by atoms with Crippen LogP contribution in [-0.4, -0.2) is 16.2 Å². The molecule has 2 aromatic rings. The first-order valence-electron chi connectivity index (χ1n) is 6.46. The van der Waals surface area contributed by atoms with Crippen molar-refractivity contribution in [3.05, 3.63) is 53.6 Å². The number of benzene rings is 2. The van der Waals surface area contributed by atoms with Crippen LogP contribution in [0, 0.1) is 0 Å². The van der Waals surface area contributed by atoms with E-state index in [1.165, 1.54) is 17.7 Å². The van der Waals surface area contributed by atoms with E-state index < -0.39 is 5.97 Å². The van der Waals surface area contributed by atoms with Crippen molar-refractivity contribution in [3.63, 3.8) is 0 Å². The minimum Gasteiger partial charge on any atom is -0.507 e. The van der Waals surface area contributed by atoms with Gasteiger partial charge in [0.25, 0.3) is 0 Å². The predicted molar refractivity (Wildman–Crippen MR) is 79.2 cm³/mol. The van der Waals surface area contributed by atoms with Gasteiger partial charge < -0.3 is 10.2 Å². The van der Waals surface area contributed by atoms with Gasteiger partial charge in [0, 0.05) is 0 Å². The smallest absolute Gasteiger partial charge is 0.339 e. The Kier molecular flexibility index (Phi) is 3.53. The Morgan fingerprint density at radius 3 is 2.25 bits per heavy atom. The number of hydrogen-bond acceptors (Lipinski definition) is 2. The third-order valence-electron chi connectivity index (χ3n) is 3.29. The Hall–Kier alpha value is -2.29. The third kappa shape index (κ3) is 2.82. The minimum absolute atomic E-state index is 0.0303. The molecule has 0 saturated carbocycles. The molecule has 0 heterocycles. The normalized spacial score (nSPS) is 11.3. The zero-order valence-electron chi connectivity index (χ0n) is 11.8. The summed E-state index contributed by atoms with van der Waals surface area (Å²) >= 11 is 0. The summed E-state index contributed by atoms with van der Waals surface area (Å²) in [5.41, 5.74) is 2.86. The first-order valence-corrected chi connectivity index (χ1v) is 6.46. The van der Waals surface area contributed by atoms with Crippen molar-refractivity contribution >= 4 is 5.97 Å². The largest absolute Gasteiger partial charge is 0.507 e. The standard InChI is InChI=1S/C17H18O3/c1-17(2,3)13-6-4-5-11(9-13)12-7-8-15(18)14(10-12)16(19)20/h4-10,18H,1-3H3,(H,19,20). The Morgan fingerprint density at radius 1 is 1.00 bits per heavy atom. The van der Waals surface area contributed by atoms with Gasteiger partial charge in [0.2, 0.25) is 0 Å². The van der Waals surface area contributed by atoms with E-state index in [0.717, 1.165) is 11.1 Å². The topological polar surface area (TPSA) is 57.5 Å². The average Bonchev–Trinajstić information content (AvgIpc) is 2.38. The zero-order chi connectivity index (χ0) is 14.9. The molecule has 20 heavy (non-hydrogen) atoms. The lowest BCUT2D eigenvalue weighted by Crippen LogP contribution is -2.10. The van der Waals surface area contributed by atoms with E-state index >= 15 is 0 Å². The van der Waals surface area contributed by atoms with E-state index in [0.29, 0.717) is 0 Å². The number of aromatic carboxylic acids is 1. The molecule has 0 unspecified atom stereocenters. The van der Waals surface area contributed by atoms with E-state index in [9.17, 15) is 9.90 Å². The van der Waals surface area contributed by atoms with Crippen LogP contribution in [0.3, 0.4) is 0 Å². The van der Waals surface area contributed by atoms with Crippen molar-refractivity contribution in [2.75, 3.05) is 0 Å². The maximum absolute atomic E-state index is 11.1. The Balaban J connectivity index is 2.52. The van der Waals surface area contributed by atoms with Crippen LogP contribution in [-0.2, 0) is 5.41 Å². The molecule has 3 nitrogen and oxygen atoms in total. The van der Waals surface area contributed by atoms with E-state index in [1.807, 2.05) is 12.1 Å². The molecular weight excluding hydrogens is 252 g/mol. The first-order chi connectivity index (χ1) is 9.29. The zero-order valence-corrected chi connectivity index (χ0v) is 11.8. The molecule has 0 bridgehead atoms. The summed E-state index contributed by atoms with van der Waals surface area (Å²) in [5.74, 6) is -1.34. The first kappa shape index (κ1) is 14.1. The summed E-state index contributed by atoms with van der Waals surface area (Å²) in [6.07, 6.45) is 0. The molecule has 0 aliphatic carbocycles. The Morgan fingerprint density at radius 2 is 1.65 bits per heavy atom. The molecule has 0 saturated heterocycles. The van der Waals surface area contributed by atoms with Crippen molar-refractivity contribution in [2.24, 2.45) is 0 Å². The second kappa shape index (κ2) is 5.00. The molecule has 0 aliphatic rings. The summed E-state index contributed by atoms with van der Waals surface area (Å²) in [4.78, 5) is 11.1. The van der Waals surface area contributed by atoms with Gasteiger partial charge in [-0.05, 0) is 34.2 Å². The number of carbonyl (C=O) groups is 1. The highest BCUT2D eigenvalue weighted by molar-refractivity contribution is 5.92. The lowest BCUT2D eigenvalue weighted by atomic mass is 9.85. The lowest BCUT2D eigenvalue weighted by Gasteiger charge is -2.20. The monoisotopic (exact) mass is 270 g/mol. The van der Waals surface area contributed by atoms with Crippen LogP contribution in [0.2, 0.25) is 0 Å². The van der Waals surface area contributed by atoms with Crippen LogP contribution in [0.25, 0.3) is 11.1 Å². The number of rotatable bonds is 2. The third-order valence-corrected chi connectivity index (χ3v) is 3.29. The SMILES string of the molecule is CC(C)(C)c1cccc(-c2ccc(O)c(C(=O)O)c2)c1. The minimum atomic E-state index is -1.13. The highest BCUT2D eigenvalue weighted by Crippen LogP contribution is 2.30.